The largest absolute Gasteiger partial charge is 0.491 e. The van der Waals surface area contributed by atoms with Crippen LogP contribution in [0.5, 0.6) is 5.75 Å². The molecule has 0 aromatic heterocycles. The van der Waals surface area contributed by atoms with Crippen LogP contribution < -0.4 is 20.7 Å². The number of amides is 2. The summed E-state index contributed by atoms with van der Waals surface area (Å²) >= 11 is 0. The molecule has 0 aliphatic heterocycles. The summed E-state index contributed by atoms with van der Waals surface area (Å²) < 4.78 is 5.79. The minimum atomic E-state index is -0.187. The number of anilines is 2. The van der Waals surface area contributed by atoms with Crippen molar-refractivity contribution in [1.82, 2.24) is 5.32 Å². The summed E-state index contributed by atoms with van der Waals surface area (Å²) in [4.78, 5) is 24.9. The van der Waals surface area contributed by atoms with Crippen LogP contribution in [0, 0.1) is 0 Å². The fourth-order valence-corrected chi connectivity index (χ4v) is 3.26. The van der Waals surface area contributed by atoms with E-state index in [4.69, 9.17) is 4.74 Å². The Morgan fingerprint density at radius 1 is 0.909 bits per heavy atom. The molecular formula is C27H31N3O3. The minimum Gasteiger partial charge on any atom is -0.491 e. The predicted molar refractivity (Wildman–Crippen MR) is 133 cm³/mol. The zero-order valence-electron chi connectivity index (χ0n) is 19.1. The first-order valence-electron chi connectivity index (χ1n) is 11.3. The van der Waals surface area contributed by atoms with Gasteiger partial charge in [-0.3, -0.25) is 9.59 Å². The molecule has 0 saturated carbocycles. The van der Waals surface area contributed by atoms with Crippen molar-refractivity contribution in [2.24, 2.45) is 0 Å². The van der Waals surface area contributed by atoms with Crippen molar-refractivity contribution >= 4 is 23.2 Å². The SMILES string of the molecule is CCCCOc1ccccc1NCC(=O)Nc1ccc(C(=O)NC(C)c2ccccc2)cc1. The van der Waals surface area contributed by atoms with Gasteiger partial charge < -0.3 is 20.7 Å². The van der Waals surface area contributed by atoms with Crippen LogP contribution in [0.1, 0.15) is 48.7 Å². The van der Waals surface area contributed by atoms with Crippen LogP contribution in [0.15, 0.2) is 78.9 Å². The molecule has 1 atom stereocenters. The normalized spacial score (nSPS) is 11.3. The van der Waals surface area contributed by atoms with Gasteiger partial charge >= 0.3 is 0 Å². The second-order valence-electron chi connectivity index (χ2n) is 7.78. The summed E-state index contributed by atoms with van der Waals surface area (Å²) in [6.45, 7) is 4.81. The lowest BCUT2D eigenvalue weighted by Crippen LogP contribution is -2.26. The lowest BCUT2D eigenvalue weighted by molar-refractivity contribution is -0.114. The summed E-state index contributed by atoms with van der Waals surface area (Å²) in [5, 5.41) is 8.96. The Kier molecular flexibility index (Phi) is 8.88. The van der Waals surface area contributed by atoms with Crippen molar-refractivity contribution in [1.29, 1.82) is 0 Å². The topological polar surface area (TPSA) is 79.5 Å². The van der Waals surface area contributed by atoms with E-state index in [2.05, 4.69) is 22.9 Å². The highest BCUT2D eigenvalue weighted by Gasteiger charge is 2.12. The number of rotatable bonds is 11. The van der Waals surface area contributed by atoms with Crippen molar-refractivity contribution in [3.63, 3.8) is 0 Å². The van der Waals surface area contributed by atoms with Gasteiger partial charge in [-0.05, 0) is 55.3 Å². The van der Waals surface area contributed by atoms with Gasteiger partial charge in [0.25, 0.3) is 5.91 Å². The van der Waals surface area contributed by atoms with E-state index < -0.39 is 0 Å². The number of nitrogens with one attached hydrogen (secondary N) is 3. The third kappa shape index (κ3) is 7.38. The molecular weight excluding hydrogens is 414 g/mol. The van der Waals surface area contributed by atoms with E-state index in [-0.39, 0.29) is 24.4 Å². The van der Waals surface area contributed by atoms with Crippen molar-refractivity contribution in [3.8, 4) is 5.75 Å². The molecule has 33 heavy (non-hydrogen) atoms. The lowest BCUT2D eigenvalue weighted by Gasteiger charge is -2.15. The molecule has 172 valence electrons. The van der Waals surface area contributed by atoms with Crippen molar-refractivity contribution in [2.75, 3.05) is 23.8 Å². The average Bonchev–Trinajstić information content (AvgIpc) is 2.84. The van der Waals surface area contributed by atoms with E-state index in [0.29, 0.717) is 17.9 Å². The summed E-state index contributed by atoms with van der Waals surface area (Å²) in [7, 11) is 0. The standard InChI is InChI=1S/C27H31N3O3/c1-3-4-18-33-25-13-9-8-12-24(25)28-19-26(31)30-23-16-14-22(15-17-23)27(32)29-20(2)21-10-6-5-7-11-21/h5-17,20,28H,3-4,18-19H2,1-2H3,(H,29,32)(H,30,31). The molecule has 3 N–H and O–H groups in total. The monoisotopic (exact) mass is 445 g/mol. The second-order valence-corrected chi connectivity index (χ2v) is 7.78. The highest BCUT2D eigenvalue weighted by atomic mass is 16.5. The molecule has 6 nitrogen and oxygen atoms in total. The number of carbonyl (C=O) groups is 2. The van der Waals surface area contributed by atoms with Gasteiger partial charge in [0.15, 0.2) is 0 Å². The maximum Gasteiger partial charge on any atom is 0.251 e. The quantitative estimate of drug-likeness (QED) is 0.345. The van der Waals surface area contributed by atoms with Crippen LogP contribution in [0.25, 0.3) is 0 Å². The number of hydrogen-bond donors (Lipinski definition) is 3. The van der Waals surface area contributed by atoms with Crippen molar-refractivity contribution in [2.45, 2.75) is 32.7 Å². The van der Waals surface area contributed by atoms with Crippen LogP contribution in [0.2, 0.25) is 0 Å². The Labute approximate surface area is 195 Å². The number of carbonyl (C=O) groups excluding carboxylic acids is 2. The van der Waals surface area contributed by atoms with Crippen LogP contribution in [-0.4, -0.2) is 25.0 Å². The van der Waals surface area contributed by atoms with Gasteiger partial charge in [0.2, 0.25) is 5.91 Å². The van der Waals surface area contributed by atoms with Gasteiger partial charge in [-0.2, -0.15) is 0 Å². The van der Waals surface area contributed by atoms with Crippen LogP contribution in [0.3, 0.4) is 0 Å². The summed E-state index contributed by atoms with van der Waals surface area (Å²) in [6.07, 6.45) is 2.04. The molecule has 2 amide bonds. The maximum absolute atomic E-state index is 12.5. The Morgan fingerprint density at radius 3 is 2.33 bits per heavy atom. The second kappa shape index (κ2) is 12.3. The first kappa shape index (κ1) is 23.9. The Morgan fingerprint density at radius 2 is 1.61 bits per heavy atom. The molecule has 0 radical (unpaired) electrons. The number of unbranched alkanes of at least 4 members (excludes halogenated alkanes) is 1. The third-order valence-corrected chi connectivity index (χ3v) is 5.16. The van der Waals surface area contributed by atoms with Gasteiger partial charge in [0.1, 0.15) is 5.75 Å². The summed E-state index contributed by atoms with van der Waals surface area (Å²) in [6, 6.07) is 24.1. The van der Waals surface area contributed by atoms with Gasteiger partial charge in [-0.25, -0.2) is 0 Å². The van der Waals surface area contributed by atoms with Gasteiger partial charge in [-0.15, -0.1) is 0 Å². The van der Waals surface area contributed by atoms with Gasteiger partial charge in [-0.1, -0.05) is 55.8 Å². The Bertz CT molecular complexity index is 1040. The number of para-hydroxylation sites is 2. The van der Waals surface area contributed by atoms with Crippen LogP contribution in [0.4, 0.5) is 11.4 Å². The summed E-state index contributed by atoms with van der Waals surface area (Å²) in [5.74, 6) is 0.387. The summed E-state index contributed by atoms with van der Waals surface area (Å²) in [5.41, 5.74) is 2.98. The molecule has 3 rings (SSSR count). The van der Waals surface area contributed by atoms with Crippen LogP contribution >= 0.6 is 0 Å². The van der Waals surface area contributed by atoms with E-state index in [1.54, 1.807) is 24.3 Å². The van der Waals surface area contributed by atoms with Gasteiger partial charge in [0, 0.05) is 11.3 Å². The van der Waals surface area contributed by atoms with Crippen molar-refractivity contribution in [3.05, 3.63) is 90.0 Å². The molecule has 0 bridgehead atoms. The molecule has 0 aliphatic carbocycles. The Hall–Kier alpha value is -3.80. The predicted octanol–water partition coefficient (Wildman–Crippen LogP) is 5.41. The highest BCUT2D eigenvalue weighted by molar-refractivity contribution is 5.97. The Balaban J connectivity index is 1.50. The molecule has 0 fully saturated rings. The zero-order valence-corrected chi connectivity index (χ0v) is 19.1. The fourth-order valence-electron chi connectivity index (χ4n) is 3.26. The number of hydrogen-bond acceptors (Lipinski definition) is 4. The van der Waals surface area contributed by atoms with E-state index in [9.17, 15) is 9.59 Å². The average molecular weight is 446 g/mol. The van der Waals surface area contributed by atoms with E-state index in [0.717, 1.165) is 29.8 Å². The molecule has 0 spiro atoms. The fraction of sp³-hybridized carbons (Fsp3) is 0.259. The molecule has 0 saturated heterocycles. The first-order chi connectivity index (χ1) is 16.1. The zero-order chi connectivity index (χ0) is 23.5. The molecule has 1 unspecified atom stereocenters. The molecule has 0 aliphatic rings. The van der Waals surface area contributed by atoms with Gasteiger partial charge in [0.05, 0.1) is 24.9 Å². The molecule has 0 heterocycles. The smallest absolute Gasteiger partial charge is 0.251 e. The number of benzene rings is 3. The first-order valence-corrected chi connectivity index (χ1v) is 11.3. The van der Waals surface area contributed by atoms with Crippen molar-refractivity contribution < 1.29 is 14.3 Å². The minimum absolute atomic E-state index is 0.0991. The van der Waals surface area contributed by atoms with E-state index in [1.807, 2.05) is 61.5 Å². The van der Waals surface area contributed by atoms with E-state index >= 15 is 0 Å². The lowest BCUT2D eigenvalue weighted by atomic mass is 10.1. The third-order valence-electron chi connectivity index (χ3n) is 5.16. The van der Waals surface area contributed by atoms with Crippen LogP contribution in [-0.2, 0) is 4.79 Å². The maximum atomic E-state index is 12.5. The molecule has 3 aromatic rings. The van der Waals surface area contributed by atoms with E-state index in [1.165, 1.54) is 0 Å². The molecule has 3 aromatic carbocycles. The highest BCUT2D eigenvalue weighted by Crippen LogP contribution is 2.23. The molecule has 6 heteroatoms. The number of ether oxygens (including phenoxy) is 1.